The first kappa shape index (κ1) is 11.7. The van der Waals surface area contributed by atoms with Crippen LogP contribution in [-0.4, -0.2) is 9.97 Å². The molecule has 4 nitrogen and oxygen atoms in total. The van der Waals surface area contributed by atoms with Crippen molar-refractivity contribution in [3.05, 3.63) is 47.9 Å². The van der Waals surface area contributed by atoms with Crippen LogP contribution in [0.15, 0.2) is 34.7 Å². The molecule has 0 unspecified atom stereocenters. The fourth-order valence-electron chi connectivity index (χ4n) is 1.77. The van der Waals surface area contributed by atoms with Gasteiger partial charge in [-0.2, -0.15) is 4.98 Å². The molecule has 0 aliphatic rings. The van der Waals surface area contributed by atoms with Crippen LogP contribution in [0.3, 0.4) is 0 Å². The van der Waals surface area contributed by atoms with Gasteiger partial charge >= 0.3 is 0 Å². The lowest BCUT2D eigenvalue weighted by Gasteiger charge is -2.00. The molecule has 0 radical (unpaired) electrons. The van der Waals surface area contributed by atoms with Crippen molar-refractivity contribution in [1.82, 2.24) is 9.97 Å². The number of nitrogens with two attached hydrogens (primary N) is 1. The summed E-state index contributed by atoms with van der Waals surface area (Å²) in [4.78, 5) is 8.32. The van der Waals surface area contributed by atoms with Crippen LogP contribution < -0.4 is 5.73 Å². The van der Waals surface area contributed by atoms with Gasteiger partial charge in [0.2, 0.25) is 5.89 Å². The molecule has 0 bridgehead atoms. The summed E-state index contributed by atoms with van der Waals surface area (Å²) in [6.45, 7) is 0.177. The standard InChI is InChI=1S/C13H9F2N3O/c14-8-2-1-7(5-9(8)15)10-3-4-11-13(17-10)18-12(6-16)19-11/h1-5H,6,16H2. The summed E-state index contributed by atoms with van der Waals surface area (Å²) in [5, 5.41) is 0. The summed E-state index contributed by atoms with van der Waals surface area (Å²) in [7, 11) is 0. The van der Waals surface area contributed by atoms with Crippen LogP contribution in [0.2, 0.25) is 0 Å². The van der Waals surface area contributed by atoms with Gasteiger partial charge < -0.3 is 10.2 Å². The molecule has 0 amide bonds. The number of halogens is 2. The van der Waals surface area contributed by atoms with E-state index in [2.05, 4.69) is 9.97 Å². The summed E-state index contributed by atoms with van der Waals surface area (Å²) in [5.41, 5.74) is 7.28. The van der Waals surface area contributed by atoms with E-state index in [0.29, 0.717) is 28.4 Å². The normalized spacial score (nSPS) is 11.1. The Balaban J connectivity index is 2.11. The maximum atomic E-state index is 13.2. The molecular formula is C13H9F2N3O. The SMILES string of the molecule is NCc1nc2nc(-c3ccc(F)c(F)c3)ccc2o1. The first-order valence-electron chi connectivity index (χ1n) is 5.59. The molecule has 0 saturated heterocycles. The lowest BCUT2D eigenvalue weighted by molar-refractivity contribution is 0.509. The van der Waals surface area contributed by atoms with Crippen LogP contribution in [0.5, 0.6) is 0 Å². The van der Waals surface area contributed by atoms with Crippen molar-refractivity contribution in [2.45, 2.75) is 6.54 Å². The Hall–Kier alpha value is -2.34. The molecule has 0 aliphatic heterocycles. The van der Waals surface area contributed by atoms with Gasteiger partial charge in [-0.25, -0.2) is 13.8 Å². The Labute approximate surface area is 106 Å². The lowest BCUT2D eigenvalue weighted by atomic mass is 10.1. The van der Waals surface area contributed by atoms with E-state index in [1.807, 2.05) is 0 Å². The van der Waals surface area contributed by atoms with E-state index >= 15 is 0 Å². The molecular weight excluding hydrogens is 252 g/mol. The molecule has 19 heavy (non-hydrogen) atoms. The number of fused-ring (bicyclic) bond motifs is 1. The number of nitrogens with zero attached hydrogens (tertiary/aromatic N) is 2. The highest BCUT2D eigenvalue weighted by Crippen LogP contribution is 2.22. The molecule has 96 valence electrons. The fourth-order valence-corrected chi connectivity index (χ4v) is 1.77. The summed E-state index contributed by atoms with van der Waals surface area (Å²) in [5.74, 6) is -1.43. The second-order valence-electron chi connectivity index (χ2n) is 3.96. The van der Waals surface area contributed by atoms with Crippen LogP contribution in [0, 0.1) is 11.6 Å². The van der Waals surface area contributed by atoms with E-state index in [-0.39, 0.29) is 6.54 Å². The molecule has 6 heteroatoms. The van der Waals surface area contributed by atoms with Gasteiger partial charge in [0.25, 0.3) is 0 Å². The predicted molar refractivity (Wildman–Crippen MR) is 65.0 cm³/mol. The average Bonchev–Trinajstić information content (AvgIpc) is 2.83. The molecule has 0 aliphatic carbocycles. The Bertz CT molecular complexity index is 755. The van der Waals surface area contributed by atoms with Gasteiger partial charge in [-0.05, 0) is 30.3 Å². The third-order valence-corrected chi connectivity index (χ3v) is 2.69. The number of aromatic nitrogens is 2. The largest absolute Gasteiger partial charge is 0.438 e. The highest BCUT2D eigenvalue weighted by Gasteiger charge is 2.09. The van der Waals surface area contributed by atoms with Crippen LogP contribution in [-0.2, 0) is 6.54 Å². The highest BCUT2D eigenvalue weighted by molar-refractivity contribution is 5.73. The maximum absolute atomic E-state index is 13.2. The number of benzene rings is 1. The van der Waals surface area contributed by atoms with Gasteiger partial charge in [0, 0.05) is 5.56 Å². The number of oxazole rings is 1. The van der Waals surface area contributed by atoms with E-state index in [0.717, 1.165) is 12.1 Å². The van der Waals surface area contributed by atoms with Crippen molar-refractivity contribution < 1.29 is 13.2 Å². The first-order valence-corrected chi connectivity index (χ1v) is 5.59. The molecule has 2 heterocycles. The molecule has 1 aromatic carbocycles. The fraction of sp³-hybridized carbons (Fsp3) is 0.0769. The van der Waals surface area contributed by atoms with Gasteiger partial charge in [-0.15, -0.1) is 0 Å². The van der Waals surface area contributed by atoms with Crippen LogP contribution in [0.4, 0.5) is 8.78 Å². The van der Waals surface area contributed by atoms with Crippen molar-refractivity contribution in [2.24, 2.45) is 5.73 Å². The quantitative estimate of drug-likeness (QED) is 0.770. The summed E-state index contributed by atoms with van der Waals surface area (Å²) in [6, 6.07) is 6.93. The highest BCUT2D eigenvalue weighted by atomic mass is 19.2. The zero-order chi connectivity index (χ0) is 13.4. The molecule has 2 aromatic heterocycles. The van der Waals surface area contributed by atoms with Crippen molar-refractivity contribution in [2.75, 3.05) is 0 Å². The average molecular weight is 261 g/mol. The third-order valence-electron chi connectivity index (χ3n) is 2.69. The third kappa shape index (κ3) is 2.06. The number of pyridine rings is 1. The zero-order valence-electron chi connectivity index (χ0n) is 9.73. The topological polar surface area (TPSA) is 64.9 Å². The van der Waals surface area contributed by atoms with Gasteiger partial charge in [-0.3, -0.25) is 0 Å². The molecule has 0 fully saturated rings. The van der Waals surface area contributed by atoms with E-state index in [4.69, 9.17) is 10.2 Å². The van der Waals surface area contributed by atoms with Crippen LogP contribution >= 0.6 is 0 Å². The molecule has 0 saturated carbocycles. The van der Waals surface area contributed by atoms with E-state index < -0.39 is 11.6 Å². The van der Waals surface area contributed by atoms with Gasteiger partial charge in [0.05, 0.1) is 12.2 Å². The van der Waals surface area contributed by atoms with Crippen molar-refractivity contribution in [3.63, 3.8) is 0 Å². The molecule has 0 spiro atoms. The number of rotatable bonds is 2. The van der Waals surface area contributed by atoms with Crippen LogP contribution in [0.25, 0.3) is 22.5 Å². The minimum absolute atomic E-state index is 0.177. The van der Waals surface area contributed by atoms with E-state index in [1.165, 1.54) is 6.07 Å². The van der Waals surface area contributed by atoms with Crippen molar-refractivity contribution in [1.29, 1.82) is 0 Å². The lowest BCUT2D eigenvalue weighted by Crippen LogP contribution is -1.95. The number of hydrogen-bond donors (Lipinski definition) is 1. The molecule has 3 aromatic rings. The summed E-state index contributed by atoms with van der Waals surface area (Å²) < 4.78 is 31.4. The van der Waals surface area contributed by atoms with Gasteiger partial charge in [-0.1, -0.05) is 0 Å². The second-order valence-corrected chi connectivity index (χ2v) is 3.96. The predicted octanol–water partition coefficient (Wildman–Crippen LogP) is 2.63. The Morgan fingerprint density at radius 3 is 2.63 bits per heavy atom. The number of hydrogen-bond acceptors (Lipinski definition) is 4. The smallest absolute Gasteiger partial charge is 0.210 e. The molecule has 2 N–H and O–H groups in total. The monoisotopic (exact) mass is 261 g/mol. The molecule has 3 rings (SSSR count). The van der Waals surface area contributed by atoms with E-state index in [1.54, 1.807) is 12.1 Å². The van der Waals surface area contributed by atoms with Crippen molar-refractivity contribution >= 4 is 11.2 Å². The Morgan fingerprint density at radius 1 is 1.05 bits per heavy atom. The van der Waals surface area contributed by atoms with Gasteiger partial charge in [0.15, 0.2) is 22.9 Å². The summed E-state index contributed by atoms with van der Waals surface area (Å²) >= 11 is 0. The minimum Gasteiger partial charge on any atom is -0.438 e. The molecule has 0 atom stereocenters. The van der Waals surface area contributed by atoms with E-state index in [9.17, 15) is 8.78 Å². The zero-order valence-corrected chi connectivity index (χ0v) is 9.73. The minimum atomic E-state index is -0.915. The summed E-state index contributed by atoms with van der Waals surface area (Å²) in [6.07, 6.45) is 0. The maximum Gasteiger partial charge on any atom is 0.210 e. The van der Waals surface area contributed by atoms with Crippen LogP contribution in [0.1, 0.15) is 5.89 Å². The second kappa shape index (κ2) is 4.40. The van der Waals surface area contributed by atoms with Gasteiger partial charge in [0.1, 0.15) is 0 Å². The first-order chi connectivity index (χ1) is 9.17. The Morgan fingerprint density at radius 2 is 1.89 bits per heavy atom. The van der Waals surface area contributed by atoms with Crippen molar-refractivity contribution in [3.8, 4) is 11.3 Å². The Kier molecular flexibility index (Phi) is 2.72.